The summed E-state index contributed by atoms with van der Waals surface area (Å²) >= 11 is 0. The van der Waals surface area contributed by atoms with Gasteiger partial charge in [0.25, 0.3) is 0 Å². The number of nitrogens with zero attached hydrogens (tertiary/aromatic N) is 1. The molecule has 1 aliphatic carbocycles. The van der Waals surface area contributed by atoms with Crippen molar-refractivity contribution in [3.05, 3.63) is 0 Å². The first-order valence-electron chi connectivity index (χ1n) is 7.86. The quantitative estimate of drug-likeness (QED) is 0.784. The number of likely N-dealkylation sites (tertiary alicyclic amines) is 1. The average molecular weight is 267 g/mol. The molecule has 0 aromatic rings. The first-order chi connectivity index (χ1) is 9.06. The van der Waals surface area contributed by atoms with Crippen molar-refractivity contribution < 1.29 is 9.53 Å². The van der Waals surface area contributed by atoms with Crippen LogP contribution in [-0.2, 0) is 9.53 Å². The van der Waals surface area contributed by atoms with Crippen LogP contribution in [0.5, 0.6) is 0 Å². The molecule has 3 nitrogen and oxygen atoms in total. The molecule has 0 N–H and O–H groups in total. The fourth-order valence-electron chi connectivity index (χ4n) is 3.69. The van der Waals surface area contributed by atoms with Gasteiger partial charge in [-0.05, 0) is 45.1 Å². The minimum absolute atomic E-state index is 0.0138. The SMILES string of the molecule is CCC1CCC(=O)C(CN2CCCC(C)(OC)C2)C1. The number of ether oxygens (including phenoxy) is 1. The lowest BCUT2D eigenvalue weighted by Gasteiger charge is -2.41. The largest absolute Gasteiger partial charge is 0.377 e. The molecule has 0 aromatic carbocycles. The van der Waals surface area contributed by atoms with Crippen LogP contribution in [0.4, 0.5) is 0 Å². The fourth-order valence-corrected chi connectivity index (χ4v) is 3.69. The molecule has 3 unspecified atom stereocenters. The van der Waals surface area contributed by atoms with Crippen molar-refractivity contribution in [2.45, 2.75) is 58.0 Å². The predicted octanol–water partition coefficient (Wildman–Crippen LogP) is 2.88. The van der Waals surface area contributed by atoms with Crippen LogP contribution in [0.25, 0.3) is 0 Å². The van der Waals surface area contributed by atoms with E-state index in [1.165, 1.54) is 12.8 Å². The minimum Gasteiger partial charge on any atom is -0.377 e. The molecule has 1 aliphatic heterocycles. The molecule has 0 bridgehead atoms. The lowest BCUT2D eigenvalue weighted by molar-refractivity contribution is -0.127. The Morgan fingerprint density at radius 3 is 2.95 bits per heavy atom. The van der Waals surface area contributed by atoms with Crippen molar-refractivity contribution in [2.75, 3.05) is 26.7 Å². The number of Topliss-reactive ketones (excluding diaryl/α,β-unsaturated/α-hetero) is 1. The van der Waals surface area contributed by atoms with Crippen molar-refractivity contribution >= 4 is 5.78 Å². The number of piperidine rings is 1. The van der Waals surface area contributed by atoms with E-state index >= 15 is 0 Å². The summed E-state index contributed by atoms with van der Waals surface area (Å²) in [5, 5.41) is 0. The Morgan fingerprint density at radius 1 is 1.47 bits per heavy atom. The maximum Gasteiger partial charge on any atom is 0.137 e. The second-order valence-corrected chi connectivity index (χ2v) is 6.70. The summed E-state index contributed by atoms with van der Waals surface area (Å²) in [5.74, 6) is 1.54. The Morgan fingerprint density at radius 2 is 2.26 bits per heavy atom. The molecule has 1 heterocycles. The molecule has 2 aliphatic rings. The Bertz CT molecular complexity index is 318. The van der Waals surface area contributed by atoms with Crippen molar-refractivity contribution in [3.63, 3.8) is 0 Å². The Hall–Kier alpha value is -0.410. The normalized spacial score (nSPS) is 37.5. The number of ketones is 1. The van der Waals surface area contributed by atoms with E-state index < -0.39 is 0 Å². The summed E-state index contributed by atoms with van der Waals surface area (Å²) in [6.45, 7) is 7.50. The van der Waals surface area contributed by atoms with Gasteiger partial charge in [0.05, 0.1) is 5.60 Å². The molecule has 2 rings (SSSR count). The monoisotopic (exact) mass is 267 g/mol. The van der Waals surface area contributed by atoms with E-state index in [0.29, 0.717) is 5.78 Å². The molecule has 3 atom stereocenters. The van der Waals surface area contributed by atoms with Gasteiger partial charge in [-0.15, -0.1) is 0 Å². The molecular formula is C16H29NO2. The first-order valence-corrected chi connectivity index (χ1v) is 7.86. The van der Waals surface area contributed by atoms with Crippen LogP contribution in [0.1, 0.15) is 52.4 Å². The van der Waals surface area contributed by atoms with E-state index in [1.807, 2.05) is 7.11 Å². The molecule has 0 aromatic heterocycles. The van der Waals surface area contributed by atoms with Crippen LogP contribution in [0.3, 0.4) is 0 Å². The predicted molar refractivity (Wildman–Crippen MR) is 77.2 cm³/mol. The van der Waals surface area contributed by atoms with Gasteiger partial charge >= 0.3 is 0 Å². The zero-order valence-electron chi connectivity index (χ0n) is 12.8. The molecule has 1 saturated heterocycles. The summed E-state index contributed by atoms with van der Waals surface area (Å²) in [7, 11) is 1.81. The summed E-state index contributed by atoms with van der Waals surface area (Å²) < 4.78 is 5.64. The van der Waals surface area contributed by atoms with Crippen LogP contribution in [-0.4, -0.2) is 43.0 Å². The molecule has 0 spiro atoms. The Labute approximate surface area is 117 Å². The smallest absolute Gasteiger partial charge is 0.137 e. The average Bonchev–Trinajstić information content (AvgIpc) is 2.41. The van der Waals surface area contributed by atoms with Gasteiger partial charge in [-0.1, -0.05) is 13.3 Å². The number of hydrogen-bond donors (Lipinski definition) is 0. The van der Waals surface area contributed by atoms with Crippen LogP contribution in [0.2, 0.25) is 0 Å². The third-order valence-electron chi connectivity index (χ3n) is 5.16. The molecular weight excluding hydrogens is 238 g/mol. The molecule has 2 fully saturated rings. The lowest BCUT2D eigenvalue weighted by Crippen LogP contribution is -2.49. The number of carbonyl (C=O) groups excluding carboxylic acids is 1. The van der Waals surface area contributed by atoms with Gasteiger partial charge in [-0.25, -0.2) is 0 Å². The number of hydrogen-bond acceptors (Lipinski definition) is 3. The van der Waals surface area contributed by atoms with Gasteiger partial charge in [0.15, 0.2) is 0 Å². The lowest BCUT2D eigenvalue weighted by atomic mass is 9.78. The zero-order chi connectivity index (χ0) is 13.9. The van der Waals surface area contributed by atoms with Crippen molar-refractivity contribution in [1.82, 2.24) is 4.90 Å². The second-order valence-electron chi connectivity index (χ2n) is 6.70. The molecule has 1 saturated carbocycles. The van der Waals surface area contributed by atoms with E-state index in [2.05, 4.69) is 18.7 Å². The van der Waals surface area contributed by atoms with Gasteiger partial charge in [0.1, 0.15) is 5.78 Å². The van der Waals surface area contributed by atoms with Crippen LogP contribution < -0.4 is 0 Å². The van der Waals surface area contributed by atoms with E-state index in [1.54, 1.807) is 0 Å². The standard InChI is InChI=1S/C16H29NO2/c1-4-13-6-7-15(18)14(10-13)11-17-9-5-8-16(2,12-17)19-3/h13-14H,4-12H2,1-3H3. The molecule has 0 amide bonds. The summed E-state index contributed by atoms with van der Waals surface area (Å²) in [4.78, 5) is 14.6. The summed E-state index contributed by atoms with van der Waals surface area (Å²) in [6, 6.07) is 0. The molecule has 19 heavy (non-hydrogen) atoms. The van der Waals surface area contributed by atoms with Crippen LogP contribution in [0, 0.1) is 11.8 Å². The number of carbonyl (C=O) groups is 1. The van der Waals surface area contributed by atoms with Crippen molar-refractivity contribution in [1.29, 1.82) is 0 Å². The maximum atomic E-state index is 12.1. The van der Waals surface area contributed by atoms with Gasteiger partial charge in [-0.3, -0.25) is 9.69 Å². The third kappa shape index (κ3) is 3.79. The van der Waals surface area contributed by atoms with Crippen LogP contribution >= 0.6 is 0 Å². The number of methoxy groups -OCH3 is 1. The van der Waals surface area contributed by atoms with Gasteiger partial charge < -0.3 is 4.74 Å². The van der Waals surface area contributed by atoms with Gasteiger partial charge in [0.2, 0.25) is 0 Å². The van der Waals surface area contributed by atoms with Gasteiger partial charge in [0, 0.05) is 32.5 Å². The molecule has 3 heteroatoms. The molecule has 0 radical (unpaired) electrons. The van der Waals surface area contributed by atoms with E-state index in [4.69, 9.17) is 4.74 Å². The molecule has 110 valence electrons. The number of rotatable bonds is 4. The summed E-state index contributed by atoms with van der Waals surface area (Å²) in [6.07, 6.45) is 6.56. The van der Waals surface area contributed by atoms with Gasteiger partial charge in [-0.2, -0.15) is 0 Å². The van der Waals surface area contributed by atoms with E-state index in [-0.39, 0.29) is 11.5 Å². The topological polar surface area (TPSA) is 29.5 Å². The van der Waals surface area contributed by atoms with Crippen molar-refractivity contribution in [3.8, 4) is 0 Å². The first kappa shape index (κ1) is 15.0. The Balaban J connectivity index is 1.90. The van der Waals surface area contributed by atoms with Crippen molar-refractivity contribution in [2.24, 2.45) is 11.8 Å². The third-order valence-corrected chi connectivity index (χ3v) is 5.16. The summed E-state index contributed by atoms with van der Waals surface area (Å²) in [5.41, 5.74) is -0.0138. The fraction of sp³-hybridized carbons (Fsp3) is 0.938. The highest BCUT2D eigenvalue weighted by molar-refractivity contribution is 5.81. The highest BCUT2D eigenvalue weighted by Gasteiger charge is 2.34. The minimum atomic E-state index is -0.0138. The second kappa shape index (κ2) is 6.36. The highest BCUT2D eigenvalue weighted by Crippen LogP contribution is 2.31. The maximum absolute atomic E-state index is 12.1. The highest BCUT2D eigenvalue weighted by atomic mass is 16.5. The van der Waals surface area contributed by atoms with E-state index in [0.717, 1.165) is 51.2 Å². The zero-order valence-corrected chi connectivity index (χ0v) is 12.8. The Kier molecular flexibility index (Phi) is 5.02. The van der Waals surface area contributed by atoms with E-state index in [9.17, 15) is 4.79 Å². The van der Waals surface area contributed by atoms with Crippen LogP contribution in [0.15, 0.2) is 0 Å².